The molecule has 2 aromatic heterocycles. The molecule has 0 aliphatic carbocycles. The van der Waals surface area contributed by atoms with Gasteiger partial charge in [0.25, 0.3) is 5.91 Å². The Morgan fingerprint density at radius 1 is 1.50 bits per heavy atom. The Labute approximate surface area is 117 Å². The molecule has 1 aliphatic heterocycles. The molecule has 6 heteroatoms. The number of rotatable bonds is 2. The van der Waals surface area contributed by atoms with E-state index in [1.165, 1.54) is 0 Å². The topological polar surface area (TPSA) is 75.0 Å². The van der Waals surface area contributed by atoms with Crippen LogP contribution in [0.5, 0.6) is 0 Å². The standard InChI is InChI=1S/C14H18N4O2/c1-9-7-15-13(16-9)11-4-3-5-18(8-11)14(19)12-6-10(2)20-17-12/h6-7,11H,3-5,8H2,1-2H3,(H,15,16)/t11-/m0/s1. The Balaban J connectivity index is 1.73. The van der Waals surface area contributed by atoms with Crippen LogP contribution in [-0.2, 0) is 0 Å². The van der Waals surface area contributed by atoms with Crippen molar-refractivity contribution < 1.29 is 9.32 Å². The summed E-state index contributed by atoms with van der Waals surface area (Å²) in [7, 11) is 0. The summed E-state index contributed by atoms with van der Waals surface area (Å²) in [4.78, 5) is 21.9. The fourth-order valence-electron chi connectivity index (χ4n) is 2.65. The van der Waals surface area contributed by atoms with Crippen LogP contribution in [0.3, 0.4) is 0 Å². The summed E-state index contributed by atoms with van der Waals surface area (Å²) < 4.78 is 4.98. The number of aromatic nitrogens is 3. The van der Waals surface area contributed by atoms with Crippen molar-refractivity contribution in [3.05, 3.63) is 35.2 Å². The minimum Gasteiger partial charge on any atom is -0.361 e. The van der Waals surface area contributed by atoms with Crippen LogP contribution in [0.25, 0.3) is 0 Å². The predicted octanol–water partition coefficient (Wildman–Crippen LogP) is 2.03. The maximum atomic E-state index is 12.4. The molecule has 106 valence electrons. The molecule has 6 nitrogen and oxygen atoms in total. The molecule has 0 bridgehead atoms. The van der Waals surface area contributed by atoms with E-state index in [9.17, 15) is 4.79 Å². The highest BCUT2D eigenvalue weighted by molar-refractivity contribution is 5.92. The second kappa shape index (κ2) is 5.11. The van der Waals surface area contributed by atoms with E-state index < -0.39 is 0 Å². The second-order valence-electron chi connectivity index (χ2n) is 5.36. The van der Waals surface area contributed by atoms with Crippen molar-refractivity contribution in [2.45, 2.75) is 32.6 Å². The van der Waals surface area contributed by atoms with Gasteiger partial charge in [0.05, 0.1) is 0 Å². The molecule has 0 radical (unpaired) electrons. The lowest BCUT2D eigenvalue weighted by Gasteiger charge is -2.31. The van der Waals surface area contributed by atoms with Crippen molar-refractivity contribution in [2.24, 2.45) is 0 Å². The Bertz CT molecular complexity index is 616. The normalized spacial score (nSPS) is 19.3. The highest BCUT2D eigenvalue weighted by Crippen LogP contribution is 2.25. The largest absolute Gasteiger partial charge is 0.361 e. The van der Waals surface area contributed by atoms with Crippen molar-refractivity contribution in [1.82, 2.24) is 20.0 Å². The fraction of sp³-hybridized carbons (Fsp3) is 0.500. The average molecular weight is 274 g/mol. The zero-order valence-corrected chi connectivity index (χ0v) is 11.7. The SMILES string of the molecule is Cc1cnc([C@H]2CCCN(C(=O)c3cc(C)on3)C2)[nH]1. The van der Waals surface area contributed by atoms with Gasteiger partial charge in [-0.15, -0.1) is 0 Å². The molecule has 1 atom stereocenters. The van der Waals surface area contributed by atoms with Gasteiger partial charge in [-0.1, -0.05) is 5.16 Å². The second-order valence-corrected chi connectivity index (χ2v) is 5.36. The molecule has 20 heavy (non-hydrogen) atoms. The third-order valence-corrected chi connectivity index (χ3v) is 3.66. The van der Waals surface area contributed by atoms with E-state index in [-0.39, 0.29) is 11.8 Å². The van der Waals surface area contributed by atoms with E-state index >= 15 is 0 Å². The van der Waals surface area contributed by atoms with Gasteiger partial charge < -0.3 is 14.4 Å². The first-order chi connectivity index (χ1) is 9.63. The zero-order valence-electron chi connectivity index (χ0n) is 11.7. The van der Waals surface area contributed by atoms with Gasteiger partial charge in [0.15, 0.2) is 5.69 Å². The first-order valence-corrected chi connectivity index (χ1v) is 6.87. The van der Waals surface area contributed by atoms with Crippen molar-refractivity contribution in [1.29, 1.82) is 0 Å². The highest BCUT2D eigenvalue weighted by atomic mass is 16.5. The Morgan fingerprint density at radius 2 is 2.35 bits per heavy atom. The van der Waals surface area contributed by atoms with Gasteiger partial charge in [-0.25, -0.2) is 4.98 Å². The van der Waals surface area contributed by atoms with Gasteiger partial charge in [0.1, 0.15) is 11.6 Å². The predicted molar refractivity (Wildman–Crippen MR) is 72.4 cm³/mol. The number of nitrogens with one attached hydrogen (secondary N) is 1. The molecule has 0 spiro atoms. The summed E-state index contributed by atoms with van der Waals surface area (Å²) in [5.41, 5.74) is 1.44. The van der Waals surface area contributed by atoms with Gasteiger partial charge in [0, 0.05) is 37.0 Å². The van der Waals surface area contributed by atoms with E-state index in [2.05, 4.69) is 15.1 Å². The van der Waals surface area contributed by atoms with Crippen LogP contribution < -0.4 is 0 Å². The van der Waals surface area contributed by atoms with Crippen LogP contribution in [-0.4, -0.2) is 39.0 Å². The van der Waals surface area contributed by atoms with E-state index in [0.717, 1.165) is 30.9 Å². The summed E-state index contributed by atoms with van der Waals surface area (Å²) in [6, 6.07) is 1.68. The molecule has 3 heterocycles. The van der Waals surface area contributed by atoms with E-state index in [4.69, 9.17) is 4.52 Å². The van der Waals surface area contributed by atoms with Crippen molar-refractivity contribution in [3.8, 4) is 0 Å². The Morgan fingerprint density at radius 3 is 3.00 bits per heavy atom. The average Bonchev–Trinajstić information content (AvgIpc) is 3.07. The molecular formula is C14H18N4O2. The number of H-pyrrole nitrogens is 1. The molecule has 2 aromatic rings. The van der Waals surface area contributed by atoms with Crippen LogP contribution >= 0.6 is 0 Å². The zero-order chi connectivity index (χ0) is 14.1. The maximum Gasteiger partial charge on any atom is 0.276 e. The summed E-state index contributed by atoms with van der Waals surface area (Å²) in [5.74, 6) is 1.84. The lowest BCUT2D eigenvalue weighted by Crippen LogP contribution is -2.39. The van der Waals surface area contributed by atoms with Crippen molar-refractivity contribution in [3.63, 3.8) is 0 Å². The third kappa shape index (κ3) is 2.45. The number of amides is 1. The molecule has 1 amide bonds. The van der Waals surface area contributed by atoms with Crippen molar-refractivity contribution in [2.75, 3.05) is 13.1 Å². The van der Waals surface area contributed by atoms with Gasteiger partial charge in [-0.2, -0.15) is 0 Å². The quantitative estimate of drug-likeness (QED) is 0.909. The molecule has 1 N–H and O–H groups in total. The van der Waals surface area contributed by atoms with Crippen LogP contribution in [0.4, 0.5) is 0 Å². The van der Waals surface area contributed by atoms with Crippen molar-refractivity contribution >= 4 is 5.91 Å². The molecular weight excluding hydrogens is 256 g/mol. The van der Waals surface area contributed by atoms with E-state index in [1.807, 2.05) is 18.0 Å². The number of likely N-dealkylation sites (tertiary alicyclic amines) is 1. The number of carbonyl (C=O) groups excluding carboxylic acids is 1. The number of aryl methyl sites for hydroxylation is 2. The summed E-state index contributed by atoms with van der Waals surface area (Å²) >= 11 is 0. The third-order valence-electron chi connectivity index (χ3n) is 3.66. The summed E-state index contributed by atoms with van der Waals surface area (Å²) in [6.07, 6.45) is 3.86. The van der Waals surface area contributed by atoms with Gasteiger partial charge >= 0.3 is 0 Å². The number of carbonyl (C=O) groups is 1. The molecule has 0 saturated carbocycles. The van der Waals surface area contributed by atoms with Crippen LogP contribution in [0.15, 0.2) is 16.8 Å². The Kier molecular flexibility index (Phi) is 3.30. The van der Waals surface area contributed by atoms with E-state index in [1.54, 1.807) is 13.0 Å². The monoisotopic (exact) mass is 274 g/mol. The molecule has 1 fully saturated rings. The first-order valence-electron chi connectivity index (χ1n) is 6.87. The van der Waals surface area contributed by atoms with E-state index in [0.29, 0.717) is 18.0 Å². The molecule has 0 unspecified atom stereocenters. The number of piperidine rings is 1. The minimum absolute atomic E-state index is 0.0603. The van der Waals surface area contributed by atoms with Crippen LogP contribution in [0.1, 0.15) is 46.5 Å². The number of aromatic amines is 1. The molecule has 1 aliphatic rings. The van der Waals surface area contributed by atoms with Gasteiger partial charge in [0.2, 0.25) is 0 Å². The molecule has 1 saturated heterocycles. The highest BCUT2D eigenvalue weighted by Gasteiger charge is 2.28. The summed E-state index contributed by atoms with van der Waals surface area (Å²) in [5, 5.41) is 3.80. The van der Waals surface area contributed by atoms with Gasteiger partial charge in [-0.3, -0.25) is 4.79 Å². The van der Waals surface area contributed by atoms with Crippen LogP contribution in [0.2, 0.25) is 0 Å². The molecule has 0 aromatic carbocycles. The number of imidazole rings is 1. The number of hydrogen-bond donors (Lipinski definition) is 1. The number of nitrogens with zero attached hydrogens (tertiary/aromatic N) is 3. The lowest BCUT2D eigenvalue weighted by molar-refractivity contribution is 0.0694. The smallest absolute Gasteiger partial charge is 0.276 e. The Hall–Kier alpha value is -2.11. The lowest BCUT2D eigenvalue weighted by atomic mass is 9.97. The minimum atomic E-state index is -0.0603. The number of hydrogen-bond acceptors (Lipinski definition) is 4. The molecule has 3 rings (SSSR count). The first kappa shape index (κ1) is 12.9. The maximum absolute atomic E-state index is 12.4. The van der Waals surface area contributed by atoms with Crippen LogP contribution in [0, 0.1) is 13.8 Å². The summed E-state index contributed by atoms with van der Waals surface area (Å²) in [6.45, 7) is 5.22. The fourth-order valence-corrected chi connectivity index (χ4v) is 2.65. The van der Waals surface area contributed by atoms with Gasteiger partial charge in [-0.05, 0) is 26.7 Å².